The van der Waals surface area contributed by atoms with E-state index >= 15 is 0 Å². The van der Waals surface area contributed by atoms with Gasteiger partial charge in [0.25, 0.3) is 5.91 Å². The number of rotatable bonds is 7. The van der Waals surface area contributed by atoms with Crippen LogP contribution in [0.5, 0.6) is 11.5 Å². The Hall–Kier alpha value is -3.27. The summed E-state index contributed by atoms with van der Waals surface area (Å²) in [6.07, 6.45) is 0. The van der Waals surface area contributed by atoms with Crippen LogP contribution in [-0.2, 0) is 5.41 Å². The Balaban J connectivity index is 1.53. The van der Waals surface area contributed by atoms with Gasteiger partial charge in [-0.05, 0) is 47.4 Å². The molecule has 4 nitrogen and oxygen atoms in total. The summed E-state index contributed by atoms with van der Waals surface area (Å²) < 4.78 is 11.4. The molecule has 0 aliphatic carbocycles. The Morgan fingerprint density at radius 1 is 0.793 bits per heavy atom. The van der Waals surface area contributed by atoms with Crippen molar-refractivity contribution in [3.8, 4) is 11.5 Å². The largest absolute Gasteiger partial charge is 0.490 e. The summed E-state index contributed by atoms with van der Waals surface area (Å²) in [7, 11) is 0. The van der Waals surface area contributed by atoms with E-state index in [1.807, 2.05) is 78.9 Å². The molecule has 1 N–H and O–H groups in total. The van der Waals surface area contributed by atoms with Crippen molar-refractivity contribution in [2.45, 2.75) is 26.2 Å². The van der Waals surface area contributed by atoms with Crippen LogP contribution < -0.4 is 14.8 Å². The minimum Gasteiger partial charge on any atom is -0.490 e. The topological polar surface area (TPSA) is 47.6 Å². The number of nitrogens with one attached hydrogen (secondary N) is 1. The fourth-order valence-corrected chi connectivity index (χ4v) is 2.82. The highest BCUT2D eigenvalue weighted by molar-refractivity contribution is 6.04. The van der Waals surface area contributed by atoms with Gasteiger partial charge in [-0.15, -0.1) is 0 Å². The molecule has 150 valence electrons. The number of para-hydroxylation sites is 1. The number of anilines is 1. The summed E-state index contributed by atoms with van der Waals surface area (Å²) in [5, 5.41) is 2.92. The fraction of sp³-hybridized carbons (Fsp3) is 0.240. The molecule has 0 aliphatic rings. The molecule has 0 aliphatic heterocycles. The first-order valence-corrected chi connectivity index (χ1v) is 9.74. The second-order valence-electron chi connectivity index (χ2n) is 7.82. The lowest BCUT2D eigenvalue weighted by molar-refractivity contribution is 0.102. The molecule has 0 saturated carbocycles. The minimum atomic E-state index is -0.143. The Kier molecular flexibility index (Phi) is 6.55. The molecular formula is C25H27NO3. The summed E-state index contributed by atoms with van der Waals surface area (Å²) in [6.45, 7) is 7.32. The van der Waals surface area contributed by atoms with Crippen molar-refractivity contribution < 1.29 is 14.3 Å². The Morgan fingerprint density at radius 2 is 1.41 bits per heavy atom. The first-order valence-electron chi connectivity index (χ1n) is 9.74. The molecule has 0 aromatic heterocycles. The number of carbonyl (C=O) groups excluding carboxylic acids is 1. The fourth-order valence-electron chi connectivity index (χ4n) is 2.82. The molecule has 3 rings (SSSR count). The normalized spacial score (nSPS) is 11.0. The zero-order valence-corrected chi connectivity index (χ0v) is 17.1. The van der Waals surface area contributed by atoms with Crippen LogP contribution in [0.15, 0.2) is 78.9 Å². The zero-order chi connectivity index (χ0) is 20.7. The summed E-state index contributed by atoms with van der Waals surface area (Å²) in [6, 6.07) is 24.7. The summed E-state index contributed by atoms with van der Waals surface area (Å²) >= 11 is 0. The van der Waals surface area contributed by atoms with Gasteiger partial charge in [0.1, 0.15) is 24.7 Å². The van der Waals surface area contributed by atoms with Crippen molar-refractivity contribution in [2.75, 3.05) is 18.5 Å². The van der Waals surface area contributed by atoms with Gasteiger partial charge >= 0.3 is 0 Å². The molecule has 0 saturated heterocycles. The van der Waals surface area contributed by atoms with Crippen LogP contribution >= 0.6 is 0 Å². The van der Waals surface area contributed by atoms with Crippen molar-refractivity contribution >= 4 is 11.6 Å². The van der Waals surface area contributed by atoms with Crippen LogP contribution in [0, 0.1) is 0 Å². The third kappa shape index (κ3) is 6.11. The molecule has 0 heterocycles. The maximum atomic E-state index is 12.5. The van der Waals surface area contributed by atoms with Crippen LogP contribution in [-0.4, -0.2) is 19.1 Å². The third-order valence-corrected chi connectivity index (χ3v) is 4.47. The highest BCUT2D eigenvalue weighted by Crippen LogP contribution is 2.23. The summed E-state index contributed by atoms with van der Waals surface area (Å²) in [4.78, 5) is 12.5. The molecular weight excluding hydrogens is 362 g/mol. The van der Waals surface area contributed by atoms with E-state index in [4.69, 9.17) is 9.47 Å². The molecule has 3 aromatic carbocycles. The molecule has 29 heavy (non-hydrogen) atoms. The van der Waals surface area contributed by atoms with Gasteiger partial charge in [0.15, 0.2) is 0 Å². The van der Waals surface area contributed by atoms with E-state index in [0.717, 1.165) is 5.75 Å². The standard InChI is InChI=1S/C25H27NO3/c1-25(2,3)20-14-12-19(13-15-20)24(27)26-21-8-7-11-23(18-21)29-17-16-28-22-9-5-4-6-10-22/h4-15,18H,16-17H2,1-3H3,(H,26,27). The zero-order valence-electron chi connectivity index (χ0n) is 17.1. The van der Waals surface area contributed by atoms with Gasteiger partial charge in [0.05, 0.1) is 0 Å². The average molecular weight is 389 g/mol. The maximum absolute atomic E-state index is 12.5. The van der Waals surface area contributed by atoms with E-state index in [1.54, 1.807) is 0 Å². The van der Waals surface area contributed by atoms with Gasteiger partial charge in [-0.1, -0.05) is 57.2 Å². The second kappa shape index (κ2) is 9.28. The average Bonchev–Trinajstić information content (AvgIpc) is 2.72. The maximum Gasteiger partial charge on any atom is 0.255 e. The van der Waals surface area contributed by atoms with Gasteiger partial charge in [-0.3, -0.25) is 4.79 Å². The van der Waals surface area contributed by atoms with Crippen LogP contribution in [0.4, 0.5) is 5.69 Å². The molecule has 0 radical (unpaired) electrons. The van der Waals surface area contributed by atoms with Crippen LogP contribution in [0.1, 0.15) is 36.7 Å². The molecule has 0 atom stereocenters. The molecule has 0 unspecified atom stereocenters. The first kappa shape index (κ1) is 20.5. The monoisotopic (exact) mass is 389 g/mol. The predicted octanol–water partition coefficient (Wildman–Crippen LogP) is 5.69. The van der Waals surface area contributed by atoms with Crippen LogP contribution in [0.3, 0.4) is 0 Å². The van der Waals surface area contributed by atoms with Crippen molar-refractivity contribution in [3.63, 3.8) is 0 Å². The molecule has 4 heteroatoms. The highest BCUT2D eigenvalue weighted by atomic mass is 16.5. The minimum absolute atomic E-state index is 0.0604. The Morgan fingerprint density at radius 3 is 2.07 bits per heavy atom. The van der Waals surface area contributed by atoms with E-state index in [1.165, 1.54) is 5.56 Å². The number of amides is 1. The number of ether oxygens (including phenoxy) is 2. The van der Waals surface area contributed by atoms with Gasteiger partial charge < -0.3 is 14.8 Å². The van der Waals surface area contributed by atoms with Crippen LogP contribution in [0.25, 0.3) is 0 Å². The lowest BCUT2D eigenvalue weighted by atomic mass is 9.87. The van der Waals surface area contributed by atoms with Gasteiger partial charge in [-0.25, -0.2) is 0 Å². The van der Waals surface area contributed by atoms with E-state index in [2.05, 4.69) is 26.1 Å². The first-order chi connectivity index (χ1) is 13.9. The van der Waals surface area contributed by atoms with Crippen molar-refractivity contribution in [3.05, 3.63) is 90.0 Å². The van der Waals surface area contributed by atoms with E-state index in [9.17, 15) is 4.79 Å². The lowest BCUT2D eigenvalue weighted by Crippen LogP contribution is -2.14. The second-order valence-corrected chi connectivity index (χ2v) is 7.82. The van der Waals surface area contributed by atoms with Gasteiger partial charge in [0, 0.05) is 17.3 Å². The lowest BCUT2D eigenvalue weighted by Gasteiger charge is -2.19. The quantitative estimate of drug-likeness (QED) is 0.528. The Labute approximate surface area is 172 Å². The number of carbonyl (C=O) groups is 1. The van der Waals surface area contributed by atoms with Crippen LogP contribution in [0.2, 0.25) is 0 Å². The van der Waals surface area contributed by atoms with Crippen molar-refractivity contribution in [1.29, 1.82) is 0 Å². The summed E-state index contributed by atoms with van der Waals surface area (Å²) in [5.41, 5.74) is 2.57. The molecule has 3 aromatic rings. The van der Waals surface area contributed by atoms with Crippen molar-refractivity contribution in [1.82, 2.24) is 0 Å². The predicted molar refractivity (Wildman–Crippen MR) is 117 cm³/mol. The molecule has 0 bridgehead atoms. The van der Waals surface area contributed by atoms with Gasteiger partial charge in [0.2, 0.25) is 0 Å². The van der Waals surface area contributed by atoms with E-state index in [-0.39, 0.29) is 11.3 Å². The number of hydrogen-bond donors (Lipinski definition) is 1. The highest BCUT2D eigenvalue weighted by Gasteiger charge is 2.14. The third-order valence-electron chi connectivity index (χ3n) is 4.47. The number of hydrogen-bond acceptors (Lipinski definition) is 3. The van der Waals surface area contributed by atoms with Gasteiger partial charge in [-0.2, -0.15) is 0 Å². The SMILES string of the molecule is CC(C)(C)c1ccc(C(=O)Nc2cccc(OCCOc3ccccc3)c2)cc1. The van der Waals surface area contributed by atoms with E-state index in [0.29, 0.717) is 30.2 Å². The Bertz CT molecular complexity index is 928. The molecule has 0 fully saturated rings. The molecule has 1 amide bonds. The molecule has 0 spiro atoms. The smallest absolute Gasteiger partial charge is 0.255 e. The van der Waals surface area contributed by atoms with Crippen molar-refractivity contribution in [2.24, 2.45) is 0 Å². The summed E-state index contributed by atoms with van der Waals surface area (Å²) in [5.74, 6) is 1.35. The van der Waals surface area contributed by atoms with E-state index < -0.39 is 0 Å². The number of benzene rings is 3.